The van der Waals surface area contributed by atoms with Crippen LogP contribution in [0.5, 0.6) is 0 Å². The molecule has 0 aliphatic rings. The summed E-state index contributed by atoms with van der Waals surface area (Å²) in [6, 6.07) is 3.10. The Labute approximate surface area is 162 Å². The molecule has 2 rings (SSSR count). The first-order chi connectivity index (χ1) is 12.5. The SMILES string of the molecule is Cc1sc(-n2cccc2)c(C(=O)O[C@@H](C)C(=O)NC(=O)NC(C)(C)C)c1C. The van der Waals surface area contributed by atoms with Crippen LogP contribution in [0.3, 0.4) is 0 Å². The lowest BCUT2D eigenvalue weighted by Crippen LogP contribution is -2.50. The largest absolute Gasteiger partial charge is 0.449 e. The highest BCUT2D eigenvalue weighted by atomic mass is 32.1. The van der Waals surface area contributed by atoms with Gasteiger partial charge in [0.25, 0.3) is 5.91 Å². The first kappa shape index (κ1) is 20.7. The van der Waals surface area contributed by atoms with E-state index in [1.807, 2.05) is 42.9 Å². The van der Waals surface area contributed by atoms with Gasteiger partial charge in [-0.15, -0.1) is 11.3 Å². The number of ether oxygens (including phenoxy) is 1. The van der Waals surface area contributed by atoms with Crippen molar-refractivity contribution in [2.45, 2.75) is 53.2 Å². The second-order valence-electron chi connectivity index (χ2n) is 7.29. The molecule has 27 heavy (non-hydrogen) atoms. The molecule has 2 aromatic heterocycles. The topological polar surface area (TPSA) is 89.4 Å². The maximum absolute atomic E-state index is 12.7. The summed E-state index contributed by atoms with van der Waals surface area (Å²) in [5.74, 6) is -1.28. The monoisotopic (exact) mass is 391 g/mol. The molecule has 0 fully saturated rings. The summed E-state index contributed by atoms with van der Waals surface area (Å²) in [5, 5.41) is 5.54. The van der Waals surface area contributed by atoms with Crippen molar-refractivity contribution in [2.24, 2.45) is 0 Å². The first-order valence-electron chi connectivity index (χ1n) is 8.57. The minimum absolute atomic E-state index is 0.424. The number of thiophene rings is 1. The Morgan fingerprint density at radius 1 is 1.15 bits per heavy atom. The van der Waals surface area contributed by atoms with Gasteiger partial charge in [0.15, 0.2) is 6.10 Å². The molecule has 0 saturated heterocycles. The van der Waals surface area contributed by atoms with Crippen molar-refractivity contribution < 1.29 is 19.1 Å². The predicted molar refractivity (Wildman–Crippen MR) is 104 cm³/mol. The van der Waals surface area contributed by atoms with Crippen LogP contribution in [0.15, 0.2) is 24.5 Å². The number of amides is 3. The number of esters is 1. The number of hydrogen-bond acceptors (Lipinski definition) is 5. The zero-order chi connectivity index (χ0) is 20.4. The summed E-state index contributed by atoms with van der Waals surface area (Å²) in [4.78, 5) is 37.7. The van der Waals surface area contributed by atoms with Gasteiger partial charge >= 0.3 is 12.0 Å². The lowest BCUT2D eigenvalue weighted by molar-refractivity contribution is -0.127. The molecule has 1 atom stereocenters. The molecule has 0 radical (unpaired) electrons. The van der Waals surface area contributed by atoms with Gasteiger partial charge in [0.1, 0.15) is 5.00 Å². The quantitative estimate of drug-likeness (QED) is 0.783. The molecule has 0 unspecified atom stereocenters. The zero-order valence-electron chi connectivity index (χ0n) is 16.4. The Morgan fingerprint density at radius 3 is 2.30 bits per heavy atom. The highest BCUT2D eigenvalue weighted by Crippen LogP contribution is 2.31. The number of urea groups is 1. The molecule has 0 bridgehead atoms. The van der Waals surface area contributed by atoms with Gasteiger partial charge in [0.2, 0.25) is 0 Å². The molecule has 0 aliphatic carbocycles. The summed E-state index contributed by atoms with van der Waals surface area (Å²) < 4.78 is 7.16. The Hall–Kier alpha value is -2.61. The van der Waals surface area contributed by atoms with Gasteiger partial charge < -0.3 is 14.6 Å². The fraction of sp³-hybridized carbons (Fsp3) is 0.421. The average molecular weight is 391 g/mol. The van der Waals surface area contributed by atoms with Crippen LogP contribution < -0.4 is 10.6 Å². The van der Waals surface area contributed by atoms with E-state index in [-0.39, 0.29) is 0 Å². The van der Waals surface area contributed by atoms with Crippen LogP contribution in [0, 0.1) is 13.8 Å². The number of hydrogen-bond donors (Lipinski definition) is 2. The van der Waals surface area contributed by atoms with E-state index in [1.54, 1.807) is 20.8 Å². The molecular weight excluding hydrogens is 366 g/mol. The fourth-order valence-electron chi connectivity index (χ4n) is 2.36. The van der Waals surface area contributed by atoms with Crippen LogP contribution in [-0.4, -0.2) is 34.1 Å². The van der Waals surface area contributed by atoms with E-state index in [0.29, 0.717) is 5.56 Å². The van der Waals surface area contributed by atoms with Gasteiger partial charge in [0.05, 0.1) is 5.56 Å². The Morgan fingerprint density at radius 2 is 1.74 bits per heavy atom. The molecule has 3 amide bonds. The van der Waals surface area contributed by atoms with Crippen molar-refractivity contribution in [3.8, 4) is 5.00 Å². The predicted octanol–water partition coefficient (Wildman–Crippen LogP) is 3.33. The second-order valence-corrected chi connectivity index (χ2v) is 8.50. The van der Waals surface area contributed by atoms with E-state index in [0.717, 1.165) is 15.4 Å². The number of carbonyl (C=O) groups excluding carboxylic acids is 3. The van der Waals surface area contributed by atoms with Crippen molar-refractivity contribution in [1.29, 1.82) is 0 Å². The summed E-state index contributed by atoms with van der Waals surface area (Å²) in [6.45, 7) is 10.6. The zero-order valence-corrected chi connectivity index (χ0v) is 17.2. The molecular formula is C19H25N3O4S. The molecule has 7 nitrogen and oxygen atoms in total. The molecule has 146 valence electrons. The van der Waals surface area contributed by atoms with Gasteiger partial charge in [-0.3, -0.25) is 10.1 Å². The van der Waals surface area contributed by atoms with E-state index in [4.69, 9.17) is 4.74 Å². The number of nitrogens with one attached hydrogen (secondary N) is 2. The van der Waals surface area contributed by atoms with Crippen LogP contribution in [0.25, 0.3) is 5.00 Å². The Kier molecular flexibility index (Phi) is 6.10. The van der Waals surface area contributed by atoms with Gasteiger partial charge in [0, 0.05) is 22.8 Å². The van der Waals surface area contributed by atoms with Crippen molar-refractivity contribution >= 4 is 29.2 Å². The van der Waals surface area contributed by atoms with E-state index in [1.165, 1.54) is 18.3 Å². The van der Waals surface area contributed by atoms with E-state index < -0.39 is 29.6 Å². The number of aromatic nitrogens is 1. The van der Waals surface area contributed by atoms with Gasteiger partial charge in [-0.25, -0.2) is 9.59 Å². The highest BCUT2D eigenvalue weighted by Gasteiger charge is 2.27. The molecule has 2 N–H and O–H groups in total. The molecule has 2 aromatic rings. The number of rotatable bonds is 4. The smallest absolute Gasteiger partial charge is 0.342 e. The summed E-state index contributed by atoms with van der Waals surface area (Å²) >= 11 is 1.48. The number of aryl methyl sites for hydroxylation is 1. The maximum Gasteiger partial charge on any atom is 0.342 e. The lowest BCUT2D eigenvalue weighted by atomic mass is 10.1. The lowest BCUT2D eigenvalue weighted by Gasteiger charge is -2.21. The molecule has 8 heteroatoms. The van der Waals surface area contributed by atoms with Gasteiger partial charge in [-0.2, -0.15) is 0 Å². The number of carbonyl (C=O) groups is 3. The average Bonchev–Trinajstić information content (AvgIpc) is 3.14. The van der Waals surface area contributed by atoms with E-state index in [2.05, 4.69) is 10.6 Å². The third-order valence-electron chi connectivity index (χ3n) is 3.79. The van der Waals surface area contributed by atoms with E-state index >= 15 is 0 Å². The Bertz CT molecular complexity index is 847. The van der Waals surface area contributed by atoms with E-state index in [9.17, 15) is 14.4 Å². The van der Waals surface area contributed by atoms with Crippen LogP contribution in [0.4, 0.5) is 4.79 Å². The van der Waals surface area contributed by atoms with Crippen LogP contribution in [0.2, 0.25) is 0 Å². The van der Waals surface area contributed by atoms with Crippen LogP contribution >= 0.6 is 11.3 Å². The third-order valence-corrected chi connectivity index (χ3v) is 5.01. The Balaban J connectivity index is 2.11. The van der Waals surface area contributed by atoms with Gasteiger partial charge in [-0.05, 0) is 59.2 Å². The molecule has 0 aromatic carbocycles. The van der Waals surface area contributed by atoms with Crippen LogP contribution in [0.1, 0.15) is 48.5 Å². The normalized spacial score (nSPS) is 12.4. The molecule has 0 spiro atoms. The maximum atomic E-state index is 12.7. The van der Waals surface area contributed by atoms with Crippen LogP contribution in [-0.2, 0) is 9.53 Å². The van der Waals surface area contributed by atoms with Crippen molar-refractivity contribution in [2.75, 3.05) is 0 Å². The summed E-state index contributed by atoms with van der Waals surface area (Å²) in [7, 11) is 0. The number of imide groups is 1. The third kappa shape index (κ3) is 5.19. The first-order valence-corrected chi connectivity index (χ1v) is 9.38. The van der Waals surface area contributed by atoms with Gasteiger partial charge in [-0.1, -0.05) is 0 Å². The number of nitrogens with zero attached hydrogens (tertiary/aromatic N) is 1. The second kappa shape index (κ2) is 7.96. The van der Waals surface area contributed by atoms with Crippen molar-refractivity contribution in [3.05, 3.63) is 40.5 Å². The minimum atomic E-state index is -1.11. The molecule has 2 heterocycles. The van der Waals surface area contributed by atoms with Crippen molar-refractivity contribution in [3.63, 3.8) is 0 Å². The summed E-state index contributed by atoms with van der Waals surface area (Å²) in [6.07, 6.45) is 2.57. The summed E-state index contributed by atoms with van der Waals surface area (Å²) in [5.41, 5.74) is 0.751. The molecule has 0 aliphatic heterocycles. The fourth-order valence-corrected chi connectivity index (χ4v) is 3.47. The molecule has 0 saturated carbocycles. The van der Waals surface area contributed by atoms with Crippen molar-refractivity contribution in [1.82, 2.24) is 15.2 Å². The standard InChI is InChI=1S/C19H25N3O4S/c1-11-13(3)27-16(22-9-7-8-10-22)14(11)17(24)26-12(2)15(23)20-18(25)21-19(4,5)6/h7-10,12H,1-6H3,(H2,20,21,23,25)/t12-/m0/s1. The minimum Gasteiger partial charge on any atom is -0.449 e. The highest BCUT2D eigenvalue weighted by molar-refractivity contribution is 7.15.